The first-order chi connectivity index (χ1) is 12.6. The summed E-state index contributed by atoms with van der Waals surface area (Å²) in [4.78, 5) is 30.9. The van der Waals surface area contributed by atoms with Gasteiger partial charge < -0.3 is 0 Å². The third-order valence-electron chi connectivity index (χ3n) is 5.60. The molecule has 2 aromatic carbocycles. The molecule has 3 aliphatic rings. The van der Waals surface area contributed by atoms with Crippen molar-refractivity contribution < 1.29 is 9.59 Å². The van der Waals surface area contributed by atoms with Gasteiger partial charge >= 0.3 is 0 Å². The number of hydrogen-bond donors (Lipinski definition) is 0. The van der Waals surface area contributed by atoms with Gasteiger partial charge in [0.05, 0.1) is 11.6 Å². The van der Waals surface area contributed by atoms with E-state index in [0.29, 0.717) is 22.6 Å². The van der Waals surface area contributed by atoms with Crippen molar-refractivity contribution in [3.63, 3.8) is 0 Å². The van der Waals surface area contributed by atoms with Crippen LogP contribution < -0.4 is 0 Å². The average Bonchev–Trinajstić information content (AvgIpc) is 2.93. The van der Waals surface area contributed by atoms with E-state index in [2.05, 4.69) is 0 Å². The lowest BCUT2D eigenvalue weighted by atomic mass is 9.69. The molecule has 2 aromatic rings. The van der Waals surface area contributed by atoms with Crippen LogP contribution in [0, 0.1) is 5.92 Å². The minimum absolute atomic E-state index is 0.0123. The molecule has 1 aliphatic heterocycles. The van der Waals surface area contributed by atoms with Crippen LogP contribution in [0.5, 0.6) is 0 Å². The molecular weight excluding hydrogens is 346 g/mol. The Kier molecular flexibility index (Phi) is 3.47. The third kappa shape index (κ3) is 2.17. The molecule has 0 aromatic heterocycles. The van der Waals surface area contributed by atoms with E-state index in [-0.39, 0.29) is 23.4 Å². The zero-order valence-electron chi connectivity index (χ0n) is 14.0. The second-order valence-corrected chi connectivity index (χ2v) is 7.51. The van der Waals surface area contributed by atoms with Gasteiger partial charge in [0, 0.05) is 39.8 Å². The zero-order chi connectivity index (χ0) is 17.8. The van der Waals surface area contributed by atoms with Crippen molar-refractivity contribution in [1.29, 1.82) is 0 Å². The number of allylic oxidation sites excluding steroid dienone is 1. The Morgan fingerprint density at radius 2 is 1.73 bits per heavy atom. The van der Waals surface area contributed by atoms with Crippen LogP contribution >= 0.6 is 11.6 Å². The van der Waals surface area contributed by atoms with Crippen molar-refractivity contribution in [3.8, 4) is 0 Å². The molecule has 5 rings (SSSR count). The Morgan fingerprint density at radius 1 is 0.923 bits per heavy atom. The summed E-state index contributed by atoms with van der Waals surface area (Å²) in [6, 6.07) is 15.1. The highest BCUT2D eigenvalue weighted by molar-refractivity contribution is 6.30. The molecule has 1 unspecified atom stereocenters. The van der Waals surface area contributed by atoms with Crippen molar-refractivity contribution in [1.82, 2.24) is 0 Å². The Labute approximate surface area is 156 Å². The monoisotopic (exact) mass is 361 g/mol. The van der Waals surface area contributed by atoms with Crippen LogP contribution in [-0.2, 0) is 4.79 Å². The maximum absolute atomic E-state index is 13.2. The highest BCUT2D eigenvalue weighted by Crippen LogP contribution is 2.49. The first kappa shape index (κ1) is 15.7. The topological polar surface area (TPSA) is 46.5 Å². The van der Waals surface area contributed by atoms with Gasteiger partial charge in [-0.1, -0.05) is 48.0 Å². The molecule has 2 atom stereocenters. The van der Waals surface area contributed by atoms with E-state index in [0.717, 1.165) is 35.4 Å². The van der Waals surface area contributed by atoms with Gasteiger partial charge in [-0.15, -0.1) is 0 Å². The molecule has 0 saturated heterocycles. The van der Waals surface area contributed by atoms with Crippen molar-refractivity contribution >= 4 is 34.6 Å². The minimum Gasteiger partial charge on any atom is -0.299 e. The molecule has 26 heavy (non-hydrogen) atoms. The predicted octanol–water partition coefficient (Wildman–Crippen LogP) is 4.86. The molecule has 1 fully saturated rings. The number of ketones is 2. The van der Waals surface area contributed by atoms with Crippen molar-refractivity contribution in [2.45, 2.75) is 25.2 Å². The summed E-state index contributed by atoms with van der Waals surface area (Å²) in [6.45, 7) is 0. The summed E-state index contributed by atoms with van der Waals surface area (Å²) in [5.41, 5.74) is 4.78. The Hall–Kier alpha value is -2.52. The van der Waals surface area contributed by atoms with Crippen LogP contribution in [0.4, 0.5) is 0 Å². The standard InChI is InChI=1S/C22H16ClNO2/c23-13-6-3-5-12(11-13)18-19-16(9-4-10-17(19)25)24-21-14-7-1-2-8-15(14)22(26)20(18)21/h1-3,5-8,11,18-19H,4,9-10H2/t18-,19?/m1/s1. The summed E-state index contributed by atoms with van der Waals surface area (Å²) >= 11 is 6.23. The van der Waals surface area contributed by atoms with Gasteiger partial charge in [0.1, 0.15) is 5.78 Å². The zero-order valence-corrected chi connectivity index (χ0v) is 14.8. The van der Waals surface area contributed by atoms with E-state index in [4.69, 9.17) is 16.6 Å². The van der Waals surface area contributed by atoms with Crippen molar-refractivity contribution in [3.05, 3.63) is 75.8 Å². The fourth-order valence-corrected chi connectivity index (χ4v) is 4.71. The molecule has 0 spiro atoms. The molecule has 1 saturated carbocycles. The van der Waals surface area contributed by atoms with E-state index in [1.165, 1.54) is 0 Å². The quantitative estimate of drug-likeness (QED) is 0.728. The van der Waals surface area contributed by atoms with Crippen LogP contribution in [0.25, 0.3) is 5.70 Å². The highest BCUT2D eigenvalue weighted by atomic mass is 35.5. The number of aliphatic imine (C=N–C) groups is 1. The van der Waals surface area contributed by atoms with E-state index in [9.17, 15) is 9.59 Å². The SMILES string of the molecule is O=C1C2=C(N=C3CCCC(=O)C3[C@H]2c2cccc(Cl)c2)c2ccccc21. The van der Waals surface area contributed by atoms with E-state index in [1.807, 2.05) is 48.5 Å². The van der Waals surface area contributed by atoms with Gasteiger partial charge in [-0.2, -0.15) is 0 Å². The molecule has 0 N–H and O–H groups in total. The Balaban J connectivity index is 1.77. The number of fused-ring (bicyclic) bond motifs is 3. The molecule has 0 radical (unpaired) electrons. The summed E-state index contributed by atoms with van der Waals surface area (Å²) < 4.78 is 0. The highest BCUT2D eigenvalue weighted by Gasteiger charge is 2.46. The number of benzene rings is 2. The summed E-state index contributed by atoms with van der Waals surface area (Å²) in [5.74, 6) is -0.486. The van der Waals surface area contributed by atoms with Crippen molar-refractivity contribution in [2.75, 3.05) is 0 Å². The van der Waals surface area contributed by atoms with E-state index in [1.54, 1.807) is 0 Å². The van der Waals surface area contributed by atoms with Crippen LogP contribution in [0.2, 0.25) is 5.02 Å². The molecule has 3 nitrogen and oxygen atoms in total. The maximum Gasteiger partial charge on any atom is 0.192 e. The lowest BCUT2D eigenvalue weighted by Gasteiger charge is -2.34. The minimum atomic E-state index is -0.348. The van der Waals surface area contributed by atoms with Gasteiger partial charge in [-0.25, -0.2) is 0 Å². The van der Waals surface area contributed by atoms with Gasteiger partial charge in [-0.3, -0.25) is 14.6 Å². The van der Waals surface area contributed by atoms with Crippen LogP contribution in [0.1, 0.15) is 46.7 Å². The summed E-state index contributed by atoms with van der Waals surface area (Å²) in [5, 5.41) is 0.611. The molecule has 128 valence electrons. The number of hydrogen-bond acceptors (Lipinski definition) is 3. The summed E-state index contributed by atoms with van der Waals surface area (Å²) in [7, 11) is 0. The molecule has 2 aliphatic carbocycles. The maximum atomic E-state index is 13.2. The fourth-order valence-electron chi connectivity index (χ4n) is 4.51. The van der Waals surface area contributed by atoms with Crippen LogP contribution in [-0.4, -0.2) is 17.3 Å². The lowest BCUT2D eigenvalue weighted by molar-refractivity contribution is -0.121. The second-order valence-electron chi connectivity index (χ2n) is 7.07. The van der Waals surface area contributed by atoms with Gasteiger partial charge in [0.15, 0.2) is 5.78 Å². The normalized spacial score (nSPS) is 24.1. The number of carbonyl (C=O) groups is 2. The number of rotatable bonds is 1. The van der Waals surface area contributed by atoms with Gasteiger partial charge in [0.25, 0.3) is 0 Å². The fraction of sp³-hybridized carbons (Fsp3) is 0.227. The number of Topliss-reactive ketones (excluding diaryl/α,β-unsaturated/α-hetero) is 2. The Bertz CT molecular complexity index is 1030. The van der Waals surface area contributed by atoms with Gasteiger partial charge in [0.2, 0.25) is 0 Å². The molecule has 1 heterocycles. The molecule has 0 amide bonds. The number of nitrogens with zero attached hydrogens (tertiary/aromatic N) is 1. The lowest BCUT2D eigenvalue weighted by Crippen LogP contribution is -2.37. The molecule has 0 bridgehead atoms. The van der Waals surface area contributed by atoms with Crippen LogP contribution in [0.3, 0.4) is 0 Å². The van der Waals surface area contributed by atoms with Crippen LogP contribution in [0.15, 0.2) is 59.1 Å². The van der Waals surface area contributed by atoms with Crippen molar-refractivity contribution in [2.24, 2.45) is 10.9 Å². The smallest absolute Gasteiger partial charge is 0.192 e. The first-order valence-electron chi connectivity index (χ1n) is 8.89. The first-order valence-corrected chi connectivity index (χ1v) is 9.27. The molecule has 4 heteroatoms. The number of carbonyl (C=O) groups excluding carboxylic acids is 2. The van der Waals surface area contributed by atoms with Gasteiger partial charge in [-0.05, 0) is 30.5 Å². The summed E-state index contributed by atoms with van der Waals surface area (Å²) in [6.07, 6.45) is 2.18. The number of halogens is 1. The second kappa shape index (κ2) is 5.75. The van der Waals surface area contributed by atoms with E-state index >= 15 is 0 Å². The largest absolute Gasteiger partial charge is 0.299 e. The molecular formula is C22H16ClNO2. The predicted molar refractivity (Wildman–Crippen MR) is 102 cm³/mol. The van der Waals surface area contributed by atoms with E-state index < -0.39 is 0 Å². The average molecular weight is 362 g/mol. The Morgan fingerprint density at radius 3 is 2.54 bits per heavy atom. The third-order valence-corrected chi connectivity index (χ3v) is 5.83.